The number of nitrogens with one attached hydrogen (secondary N) is 1. The van der Waals surface area contributed by atoms with Crippen molar-refractivity contribution in [3.63, 3.8) is 0 Å². The number of ether oxygens (including phenoxy) is 1. The van der Waals surface area contributed by atoms with E-state index in [9.17, 15) is 22.8 Å². The normalized spacial score (nSPS) is 12.6. The van der Waals surface area contributed by atoms with E-state index in [4.69, 9.17) is 16.3 Å². The summed E-state index contributed by atoms with van der Waals surface area (Å²) >= 11 is 6.07. The summed E-state index contributed by atoms with van der Waals surface area (Å²) in [7, 11) is 0. The average molecular weight is 454 g/mol. The fraction of sp³-hybridized carbons (Fsp3) is 0.286. The lowest BCUT2D eigenvalue weighted by Crippen LogP contribution is -2.37. The Balaban J connectivity index is 2.25. The molecule has 164 valence electrons. The Morgan fingerprint density at radius 3 is 2.26 bits per heavy atom. The Morgan fingerprint density at radius 1 is 1.10 bits per heavy atom. The third-order valence-corrected chi connectivity index (χ3v) is 4.43. The number of carbonyl (C=O) groups excluding carboxylic acids is 1. The minimum Gasteiger partial charge on any atom is -0.444 e. The molecule has 1 heterocycles. The molecule has 0 bridgehead atoms. The van der Waals surface area contributed by atoms with Crippen molar-refractivity contribution in [3.8, 4) is 5.69 Å². The van der Waals surface area contributed by atoms with E-state index in [0.29, 0.717) is 6.07 Å². The lowest BCUT2D eigenvalue weighted by molar-refractivity contribution is 0.0505. The second kappa shape index (κ2) is 8.22. The minimum absolute atomic E-state index is 0.0194. The summed E-state index contributed by atoms with van der Waals surface area (Å²) in [5.74, 6) is -2.72. The molecule has 0 saturated heterocycles. The zero-order valence-electron chi connectivity index (χ0n) is 17.1. The molecule has 1 N–H and O–H groups in total. The van der Waals surface area contributed by atoms with Gasteiger partial charge in [-0.2, -0.15) is 0 Å². The topological polar surface area (TPSA) is 73.2 Å². The predicted molar refractivity (Wildman–Crippen MR) is 110 cm³/mol. The summed E-state index contributed by atoms with van der Waals surface area (Å²) in [6.07, 6.45) is -0.795. The van der Waals surface area contributed by atoms with Gasteiger partial charge in [-0.25, -0.2) is 22.9 Å². The van der Waals surface area contributed by atoms with Crippen LogP contribution in [0, 0.1) is 17.5 Å². The highest BCUT2D eigenvalue weighted by atomic mass is 35.5. The van der Waals surface area contributed by atoms with Gasteiger partial charge in [0.15, 0.2) is 0 Å². The highest BCUT2D eigenvalue weighted by Crippen LogP contribution is 2.25. The molecule has 3 rings (SSSR count). The summed E-state index contributed by atoms with van der Waals surface area (Å²) < 4.78 is 47.7. The Hall–Kier alpha value is -3.07. The maximum absolute atomic E-state index is 13.9. The number of hydrogen-bond acceptors (Lipinski definition) is 4. The van der Waals surface area contributed by atoms with Crippen molar-refractivity contribution >= 4 is 28.6 Å². The second-order valence-corrected chi connectivity index (χ2v) is 8.30. The summed E-state index contributed by atoms with van der Waals surface area (Å²) in [5.41, 5.74) is -1.81. The SMILES string of the molecule is CC(NC(=O)OC(C)(C)C)c1nc2c(Cl)cc(F)cc2c(=O)n1-c1cc(F)cc(F)c1. The number of benzene rings is 2. The van der Waals surface area contributed by atoms with Crippen molar-refractivity contribution < 1.29 is 22.7 Å². The number of carbonyl (C=O) groups is 1. The molecular weight excluding hydrogens is 435 g/mol. The molecular formula is C21H19ClF3N3O3. The van der Waals surface area contributed by atoms with Gasteiger partial charge in [-0.15, -0.1) is 0 Å². The smallest absolute Gasteiger partial charge is 0.408 e. The van der Waals surface area contributed by atoms with Gasteiger partial charge >= 0.3 is 6.09 Å². The van der Waals surface area contributed by atoms with Gasteiger partial charge in [0.25, 0.3) is 5.56 Å². The van der Waals surface area contributed by atoms with Crippen LogP contribution in [0.1, 0.15) is 39.6 Å². The first-order chi connectivity index (χ1) is 14.4. The van der Waals surface area contributed by atoms with Gasteiger partial charge in [-0.05, 0) is 52.0 Å². The third kappa shape index (κ3) is 4.99. The highest BCUT2D eigenvalue weighted by Gasteiger charge is 2.24. The van der Waals surface area contributed by atoms with Crippen molar-refractivity contribution in [1.82, 2.24) is 14.9 Å². The first-order valence-electron chi connectivity index (χ1n) is 9.23. The predicted octanol–water partition coefficient (Wildman–Crippen LogP) is 5.04. The van der Waals surface area contributed by atoms with Crippen LogP contribution in [0.15, 0.2) is 35.1 Å². The number of halogens is 4. The summed E-state index contributed by atoms with van der Waals surface area (Å²) in [6.45, 7) is 6.52. The van der Waals surface area contributed by atoms with Crippen LogP contribution in [0.4, 0.5) is 18.0 Å². The van der Waals surface area contributed by atoms with E-state index in [1.807, 2.05) is 0 Å². The standard InChI is InChI=1S/C21H19ClF3N3O3/c1-10(26-20(30)31-21(2,3)4)18-27-17-15(8-13(25)9-16(17)22)19(29)28(18)14-6-11(23)5-12(24)7-14/h5-10H,1-4H3,(H,26,30). The molecule has 1 atom stereocenters. The zero-order chi connectivity index (χ0) is 23.1. The van der Waals surface area contributed by atoms with Gasteiger partial charge in [0.1, 0.15) is 28.9 Å². The number of nitrogens with zero attached hydrogens (tertiary/aromatic N) is 2. The molecule has 0 fully saturated rings. The molecule has 0 saturated carbocycles. The molecule has 3 aromatic rings. The lowest BCUT2D eigenvalue weighted by atomic mass is 10.2. The Labute approximate surface area is 180 Å². The molecule has 1 unspecified atom stereocenters. The van der Waals surface area contributed by atoms with Crippen molar-refractivity contribution in [1.29, 1.82) is 0 Å². The van der Waals surface area contributed by atoms with E-state index in [2.05, 4.69) is 10.3 Å². The van der Waals surface area contributed by atoms with Crippen LogP contribution in [0.3, 0.4) is 0 Å². The van der Waals surface area contributed by atoms with Gasteiger partial charge < -0.3 is 10.1 Å². The fourth-order valence-corrected chi connectivity index (χ4v) is 3.24. The van der Waals surface area contributed by atoms with Crippen LogP contribution in [-0.2, 0) is 4.74 Å². The van der Waals surface area contributed by atoms with Gasteiger partial charge in [-0.3, -0.25) is 9.36 Å². The van der Waals surface area contributed by atoms with E-state index in [1.165, 1.54) is 6.92 Å². The van der Waals surface area contributed by atoms with E-state index >= 15 is 0 Å². The molecule has 1 amide bonds. The second-order valence-electron chi connectivity index (χ2n) is 7.89. The van der Waals surface area contributed by atoms with Crippen molar-refractivity contribution in [3.05, 3.63) is 69.0 Å². The Bertz CT molecular complexity index is 1220. The molecule has 10 heteroatoms. The zero-order valence-corrected chi connectivity index (χ0v) is 17.9. The summed E-state index contributed by atoms with van der Waals surface area (Å²) in [4.78, 5) is 29.7. The van der Waals surface area contributed by atoms with E-state index in [-0.39, 0.29) is 27.4 Å². The molecule has 0 spiro atoms. The molecule has 0 aliphatic rings. The van der Waals surface area contributed by atoms with Crippen molar-refractivity contribution in [2.45, 2.75) is 39.3 Å². The molecule has 0 aliphatic heterocycles. The maximum atomic E-state index is 13.9. The van der Waals surface area contributed by atoms with Crippen LogP contribution in [0.2, 0.25) is 5.02 Å². The lowest BCUT2D eigenvalue weighted by Gasteiger charge is -2.23. The third-order valence-electron chi connectivity index (χ3n) is 4.14. The monoisotopic (exact) mass is 453 g/mol. The van der Waals surface area contributed by atoms with Crippen LogP contribution < -0.4 is 10.9 Å². The highest BCUT2D eigenvalue weighted by molar-refractivity contribution is 6.35. The number of alkyl carbamates (subject to hydrolysis) is 1. The number of rotatable bonds is 3. The van der Waals surface area contributed by atoms with Crippen LogP contribution in [-0.4, -0.2) is 21.2 Å². The van der Waals surface area contributed by atoms with E-state index in [1.54, 1.807) is 20.8 Å². The number of fused-ring (bicyclic) bond motifs is 1. The molecule has 0 aliphatic carbocycles. The van der Waals surface area contributed by atoms with Crippen LogP contribution in [0.5, 0.6) is 0 Å². The minimum atomic E-state index is -0.945. The van der Waals surface area contributed by atoms with Crippen molar-refractivity contribution in [2.24, 2.45) is 0 Å². The maximum Gasteiger partial charge on any atom is 0.408 e. The van der Waals surface area contributed by atoms with Gasteiger partial charge in [0.2, 0.25) is 0 Å². The van der Waals surface area contributed by atoms with E-state index < -0.39 is 40.7 Å². The quantitative estimate of drug-likeness (QED) is 0.603. The Morgan fingerprint density at radius 2 is 1.68 bits per heavy atom. The number of amides is 1. The van der Waals surface area contributed by atoms with Crippen molar-refractivity contribution in [2.75, 3.05) is 0 Å². The van der Waals surface area contributed by atoms with E-state index in [0.717, 1.165) is 28.8 Å². The molecule has 31 heavy (non-hydrogen) atoms. The fourth-order valence-electron chi connectivity index (χ4n) is 2.99. The first-order valence-corrected chi connectivity index (χ1v) is 9.61. The number of aromatic nitrogens is 2. The largest absolute Gasteiger partial charge is 0.444 e. The average Bonchev–Trinajstić information content (AvgIpc) is 2.59. The van der Waals surface area contributed by atoms with Crippen LogP contribution >= 0.6 is 11.6 Å². The molecule has 0 radical (unpaired) electrons. The summed E-state index contributed by atoms with van der Waals surface area (Å²) in [6, 6.07) is 3.45. The summed E-state index contributed by atoms with van der Waals surface area (Å²) in [5, 5.41) is 2.21. The van der Waals surface area contributed by atoms with Gasteiger partial charge in [0, 0.05) is 6.07 Å². The first kappa shape index (κ1) is 22.6. The molecule has 6 nitrogen and oxygen atoms in total. The van der Waals surface area contributed by atoms with Gasteiger partial charge in [-0.1, -0.05) is 11.6 Å². The van der Waals surface area contributed by atoms with Crippen LogP contribution in [0.25, 0.3) is 16.6 Å². The molecule has 1 aromatic heterocycles. The molecule has 2 aromatic carbocycles. The Kier molecular flexibility index (Phi) is 6.00. The number of hydrogen-bond donors (Lipinski definition) is 1. The van der Waals surface area contributed by atoms with Gasteiger partial charge in [0.05, 0.1) is 27.7 Å².